The Morgan fingerprint density at radius 1 is 1.30 bits per heavy atom. The molecule has 108 valence electrons. The third-order valence-corrected chi connectivity index (χ3v) is 4.60. The summed E-state index contributed by atoms with van der Waals surface area (Å²) in [5, 5.41) is 7.74. The first-order valence-electron chi connectivity index (χ1n) is 6.02. The highest BCUT2D eigenvalue weighted by Crippen LogP contribution is 2.25. The quantitative estimate of drug-likeness (QED) is 0.932. The molecule has 0 saturated heterocycles. The topological polar surface area (TPSA) is 90.9 Å². The van der Waals surface area contributed by atoms with E-state index in [0.29, 0.717) is 11.6 Å². The van der Waals surface area contributed by atoms with Crippen molar-refractivity contribution in [2.24, 2.45) is 5.92 Å². The maximum absolute atomic E-state index is 12.4. The van der Waals surface area contributed by atoms with Gasteiger partial charge in [-0.15, -0.1) is 5.10 Å². The third kappa shape index (κ3) is 2.78. The van der Waals surface area contributed by atoms with E-state index in [1.54, 1.807) is 0 Å². The molecule has 2 aromatic rings. The Balaban J connectivity index is 2.45. The van der Waals surface area contributed by atoms with Gasteiger partial charge < -0.3 is 5.73 Å². The lowest BCUT2D eigenvalue weighted by molar-refractivity contribution is 0.477. The molecule has 0 spiro atoms. The summed E-state index contributed by atoms with van der Waals surface area (Å²) in [4.78, 5) is 0.0881. The summed E-state index contributed by atoms with van der Waals surface area (Å²) in [6, 6.07) is 5.84. The lowest BCUT2D eigenvalue weighted by Gasteiger charge is -2.06. The van der Waals surface area contributed by atoms with Gasteiger partial charge in [-0.2, -0.15) is 0 Å². The van der Waals surface area contributed by atoms with E-state index in [0.717, 1.165) is 0 Å². The molecule has 0 amide bonds. The second kappa shape index (κ2) is 5.41. The molecule has 0 aliphatic carbocycles. The van der Waals surface area contributed by atoms with Crippen LogP contribution in [0.1, 0.15) is 13.8 Å². The van der Waals surface area contributed by atoms with Crippen molar-refractivity contribution in [3.63, 3.8) is 0 Å². The van der Waals surface area contributed by atoms with Crippen molar-refractivity contribution in [1.82, 2.24) is 15.0 Å². The summed E-state index contributed by atoms with van der Waals surface area (Å²) >= 11 is 5.75. The summed E-state index contributed by atoms with van der Waals surface area (Å²) in [6.07, 6.45) is 0. The number of nitrogen functional groups attached to an aromatic ring is 1. The minimum Gasteiger partial charge on any atom is -0.381 e. The Bertz CT molecular complexity index is 708. The van der Waals surface area contributed by atoms with Gasteiger partial charge in [0, 0.05) is 11.6 Å². The Hall–Kier alpha value is -1.60. The molecular weight excluding hydrogens is 300 g/mol. The van der Waals surface area contributed by atoms with Crippen molar-refractivity contribution in [2.45, 2.75) is 30.3 Å². The summed E-state index contributed by atoms with van der Waals surface area (Å²) in [7, 11) is -3.78. The maximum Gasteiger partial charge on any atom is 0.229 e. The Morgan fingerprint density at radius 2 is 1.90 bits per heavy atom. The largest absolute Gasteiger partial charge is 0.381 e. The van der Waals surface area contributed by atoms with Crippen LogP contribution in [0.4, 0.5) is 5.82 Å². The van der Waals surface area contributed by atoms with Crippen molar-refractivity contribution in [3.8, 4) is 0 Å². The van der Waals surface area contributed by atoms with Crippen molar-refractivity contribution < 1.29 is 8.42 Å². The molecule has 8 heteroatoms. The third-order valence-electron chi connectivity index (χ3n) is 2.66. The number of rotatable bonds is 4. The van der Waals surface area contributed by atoms with Crippen molar-refractivity contribution in [1.29, 1.82) is 0 Å². The van der Waals surface area contributed by atoms with E-state index < -0.39 is 9.84 Å². The molecule has 20 heavy (non-hydrogen) atoms. The molecule has 0 fully saturated rings. The number of nitrogens with two attached hydrogens (primary N) is 1. The normalized spacial score (nSPS) is 12.0. The molecule has 0 saturated carbocycles. The second-order valence-corrected chi connectivity index (χ2v) is 7.11. The highest BCUT2D eigenvalue weighted by atomic mass is 35.5. The fourth-order valence-electron chi connectivity index (χ4n) is 1.70. The van der Waals surface area contributed by atoms with Gasteiger partial charge in [-0.25, -0.2) is 13.1 Å². The predicted octanol–water partition coefficient (Wildman–Crippen LogP) is 2.00. The van der Waals surface area contributed by atoms with Gasteiger partial charge in [0.15, 0.2) is 5.82 Å². The molecule has 6 nitrogen and oxygen atoms in total. The lowest BCUT2D eigenvalue weighted by atomic mass is 10.2. The minimum atomic E-state index is -3.78. The molecular formula is C12H15ClN4O2S. The summed E-state index contributed by atoms with van der Waals surface area (Å²) in [6.45, 7) is 4.47. The Kier molecular flexibility index (Phi) is 4.01. The molecule has 2 N–H and O–H groups in total. The number of anilines is 1. The van der Waals surface area contributed by atoms with Crippen LogP contribution in [0.2, 0.25) is 5.02 Å². The molecule has 0 unspecified atom stereocenters. The molecule has 0 bridgehead atoms. The van der Waals surface area contributed by atoms with E-state index >= 15 is 0 Å². The Labute approximate surface area is 122 Å². The van der Waals surface area contributed by atoms with E-state index in [1.807, 2.05) is 13.8 Å². The van der Waals surface area contributed by atoms with Crippen LogP contribution in [0.25, 0.3) is 0 Å². The first kappa shape index (κ1) is 14.8. The SMILES string of the molecule is CC(C)Cn1nnc(S(=O)(=O)c2ccc(Cl)cc2)c1N. The second-order valence-electron chi connectivity index (χ2n) is 4.81. The van der Waals surface area contributed by atoms with Crippen molar-refractivity contribution in [3.05, 3.63) is 29.3 Å². The minimum absolute atomic E-state index is 0.0497. The zero-order chi connectivity index (χ0) is 14.9. The first-order chi connectivity index (χ1) is 9.32. The van der Waals surface area contributed by atoms with E-state index in [2.05, 4.69) is 10.3 Å². The molecule has 1 heterocycles. The van der Waals surface area contributed by atoms with Crippen molar-refractivity contribution in [2.75, 3.05) is 5.73 Å². The molecule has 0 atom stereocenters. The van der Waals surface area contributed by atoms with Crippen LogP contribution >= 0.6 is 11.6 Å². The molecule has 1 aromatic heterocycles. The fraction of sp³-hybridized carbons (Fsp3) is 0.333. The smallest absolute Gasteiger partial charge is 0.229 e. The first-order valence-corrected chi connectivity index (χ1v) is 7.88. The number of nitrogens with zero attached hydrogens (tertiary/aromatic N) is 3. The van der Waals surface area contributed by atoms with Gasteiger partial charge in [0.05, 0.1) is 4.90 Å². The van der Waals surface area contributed by atoms with Crippen LogP contribution in [-0.2, 0) is 16.4 Å². The van der Waals surface area contributed by atoms with Gasteiger partial charge in [0.2, 0.25) is 14.9 Å². The number of hydrogen-bond donors (Lipinski definition) is 1. The monoisotopic (exact) mass is 314 g/mol. The molecule has 2 rings (SSSR count). The van der Waals surface area contributed by atoms with Gasteiger partial charge >= 0.3 is 0 Å². The van der Waals surface area contributed by atoms with Crippen LogP contribution in [0, 0.1) is 5.92 Å². The number of sulfone groups is 1. The van der Waals surface area contributed by atoms with E-state index in [4.69, 9.17) is 17.3 Å². The van der Waals surface area contributed by atoms with Crippen LogP contribution in [0.15, 0.2) is 34.2 Å². The molecule has 1 aromatic carbocycles. The van der Waals surface area contributed by atoms with Crippen LogP contribution in [-0.4, -0.2) is 23.4 Å². The zero-order valence-electron chi connectivity index (χ0n) is 11.1. The highest BCUT2D eigenvalue weighted by Gasteiger charge is 2.26. The highest BCUT2D eigenvalue weighted by molar-refractivity contribution is 7.91. The fourth-order valence-corrected chi connectivity index (χ4v) is 3.07. The van der Waals surface area contributed by atoms with Crippen LogP contribution in [0.3, 0.4) is 0 Å². The van der Waals surface area contributed by atoms with Crippen LogP contribution in [0.5, 0.6) is 0 Å². The van der Waals surface area contributed by atoms with E-state index in [-0.39, 0.29) is 21.7 Å². The van der Waals surface area contributed by atoms with E-state index in [1.165, 1.54) is 28.9 Å². The summed E-state index contributed by atoms with van der Waals surface area (Å²) < 4.78 is 26.2. The number of hydrogen-bond acceptors (Lipinski definition) is 5. The van der Waals surface area contributed by atoms with Crippen LogP contribution < -0.4 is 5.73 Å². The van der Waals surface area contributed by atoms with Gasteiger partial charge in [-0.05, 0) is 30.2 Å². The predicted molar refractivity (Wildman–Crippen MR) is 76.2 cm³/mol. The van der Waals surface area contributed by atoms with Gasteiger partial charge in [0.25, 0.3) is 0 Å². The Morgan fingerprint density at radius 3 is 2.45 bits per heavy atom. The number of halogens is 1. The average Bonchev–Trinajstić information content (AvgIpc) is 2.71. The zero-order valence-corrected chi connectivity index (χ0v) is 12.7. The van der Waals surface area contributed by atoms with Gasteiger partial charge in [-0.3, -0.25) is 0 Å². The maximum atomic E-state index is 12.4. The van der Waals surface area contributed by atoms with E-state index in [9.17, 15) is 8.42 Å². The standard InChI is InChI=1S/C12H15ClN4O2S/c1-8(2)7-17-11(14)12(15-16-17)20(18,19)10-5-3-9(13)4-6-10/h3-6,8H,7,14H2,1-2H3. The molecule has 0 aliphatic heterocycles. The molecule has 0 radical (unpaired) electrons. The van der Waals surface area contributed by atoms with Crippen molar-refractivity contribution >= 4 is 27.3 Å². The number of benzene rings is 1. The summed E-state index contributed by atoms with van der Waals surface area (Å²) in [5.41, 5.74) is 5.84. The lowest BCUT2D eigenvalue weighted by Crippen LogP contribution is -2.11. The average molecular weight is 315 g/mol. The summed E-state index contributed by atoms with van der Waals surface area (Å²) in [5.74, 6) is 0.332. The molecule has 0 aliphatic rings. The number of aromatic nitrogens is 3. The van der Waals surface area contributed by atoms with Gasteiger partial charge in [0.1, 0.15) is 0 Å². The van der Waals surface area contributed by atoms with Gasteiger partial charge in [-0.1, -0.05) is 30.7 Å².